The molecule has 7 heteroatoms. The molecule has 0 radical (unpaired) electrons. The van der Waals surface area contributed by atoms with Crippen molar-refractivity contribution in [2.24, 2.45) is 15.7 Å². The number of aliphatic imine (C=N–C) groups is 2. The van der Waals surface area contributed by atoms with Gasteiger partial charge in [0.15, 0.2) is 11.5 Å². The third kappa shape index (κ3) is 1.78. The second-order valence-electron chi connectivity index (χ2n) is 5.75. The van der Waals surface area contributed by atoms with Crippen molar-refractivity contribution in [2.75, 3.05) is 12.3 Å². The van der Waals surface area contributed by atoms with E-state index < -0.39 is 0 Å². The third-order valence-corrected chi connectivity index (χ3v) is 4.35. The standard InChI is InChI=1S/C15H18N6O/c16-10-5-4-9-3-1-6-18-11(9)12(10)19-13-14(17)20-7-2-8-21(20)15(13)22/h4-5H,1-3,6-8,16-17H2. The number of rotatable bonds is 1. The SMILES string of the molecule is NC1=CC=C2CCCN=C2C1=Nc1c(N)n2n(c1=O)CCC2. The Morgan fingerprint density at radius 2 is 1.95 bits per heavy atom. The number of hydrogen-bond donors (Lipinski definition) is 2. The van der Waals surface area contributed by atoms with Crippen LogP contribution in [0.25, 0.3) is 0 Å². The Bertz CT molecular complexity index is 833. The number of nitrogen functional groups attached to an aromatic ring is 1. The summed E-state index contributed by atoms with van der Waals surface area (Å²) in [6, 6.07) is 0. The topological polar surface area (TPSA) is 104 Å². The molecule has 4 N–H and O–H groups in total. The number of hydrogen-bond acceptors (Lipinski definition) is 5. The van der Waals surface area contributed by atoms with Crippen molar-refractivity contribution in [1.29, 1.82) is 0 Å². The molecule has 7 nitrogen and oxygen atoms in total. The van der Waals surface area contributed by atoms with Gasteiger partial charge in [-0.05, 0) is 30.9 Å². The van der Waals surface area contributed by atoms with Crippen molar-refractivity contribution < 1.29 is 0 Å². The number of nitrogens with zero attached hydrogens (tertiary/aromatic N) is 4. The first-order valence-electron chi connectivity index (χ1n) is 7.56. The average molecular weight is 298 g/mol. The lowest BCUT2D eigenvalue weighted by Gasteiger charge is -2.20. The predicted octanol–water partition coefficient (Wildman–Crippen LogP) is 0.726. The molecule has 1 aromatic heterocycles. The summed E-state index contributed by atoms with van der Waals surface area (Å²) >= 11 is 0. The molecule has 114 valence electrons. The number of aromatic nitrogens is 2. The lowest BCUT2D eigenvalue weighted by Crippen LogP contribution is -2.28. The van der Waals surface area contributed by atoms with Crippen LogP contribution in [0.4, 0.5) is 11.5 Å². The van der Waals surface area contributed by atoms with E-state index in [0.29, 0.717) is 23.8 Å². The molecular formula is C15H18N6O. The van der Waals surface area contributed by atoms with Crippen molar-refractivity contribution in [3.8, 4) is 0 Å². The molecule has 0 unspecified atom stereocenters. The molecule has 0 saturated heterocycles. The normalized spacial score (nSPS) is 22.0. The van der Waals surface area contributed by atoms with Crippen LogP contribution in [0.15, 0.2) is 38.2 Å². The molecule has 3 aliphatic rings. The van der Waals surface area contributed by atoms with Gasteiger partial charge >= 0.3 is 0 Å². The van der Waals surface area contributed by atoms with Gasteiger partial charge in [0.1, 0.15) is 5.71 Å². The van der Waals surface area contributed by atoms with Gasteiger partial charge < -0.3 is 11.5 Å². The first kappa shape index (κ1) is 13.1. The second-order valence-corrected chi connectivity index (χ2v) is 5.75. The van der Waals surface area contributed by atoms with Gasteiger partial charge in [-0.2, -0.15) is 0 Å². The Hall–Kier alpha value is -2.57. The maximum absolute atomic E-state index is 12.5. The largest absolute Gasteiger partial charge is 0.397 e. The Morgan fingerprint density at radius 3 is 2.77 bits per heavy atom. The number of nitrogens with two attached hydrogens (primary N) is 2. The van der Waals surface area contributed by atoms with E-state index in [4.69, 9.17) is 11.5 Å². The van der Waals surface area contributed by atoms with E-state index in [1.807, 2.05) is 12.2 Å². The summed E-state index contributed by atoms with van der Waals surface area (Å²) in [4.78, 5) is 21.5. The summed E-state index contributed by atoms with van der Waals surface area (Å²) in [6.07, 6.45) is 6.74. The summed E-state index contributed by atoms with van der Waals surface area (Å²) in [6.45, 7) is 2.20. The highest BCUT2D eigenvalue weighted by atomic mass is 16.1. The van der Waals surface area contributed by atoms with Gasteiger partial charge in [0.25, 0.3) is 5.56 Å². The van der Waals surface area contributed by atoms with Crippen LogP contribution in [0.1, 0.15) is 19.3 Å². The maximum atomic E-state index is 12.5. The Kier molecular flexibility index (Phi) is 2.82. The van der Waals surface area contributed by atoms with Gasteiger partial charge in [-0.1, -0.05) is 6.08 Å². The van der Waals surface area contributed by atoms with Crippen LogP contribution in [0.5, 0.6) is 0 Å². The first-order chi connectivity index (χ1) is 10.7. The van der Waals surface area contributed by atoms with Gasteiger partial charge in [-0.15, -0.1) is 0 Å². The highest BCUT2D eigenvalue weighted by Crippen LogP contribution is 2.26. The van der Waals surface area contributed by atoms with Crippen LogP contribution in [0.3, 0.4) is 0 Å². The van der Waals surface area contributed by atoms with Crippen LogP contribution < -0.4 is 17.0 Å². The Balaban J connectivity index is 1.87. The summed E-state index contributed by atoms with van der Waals surface area (Å²) in [5.74, 6) is 0.412. The van der Waals surface area contributed by atoms with Crippen molar-refractivity contribution in [1.82, 2.24) is 9.36 Å². The zero-order valence-corrected chi connectivity index (χ0v) is 12.2. The molecule has 3 heterocycles. The fourth-order valence-electron chi connectivity index (χ4n) is 3.24. The van der Waals surface area contributed by atoms with Gasteiger partial charge in [0, 0.05) is 19.6 Å². The number of anilines is 1. The molecule has 0 saturated carbocycles. The number of allylic oxidation sites excluding steroid dienone is 4. The van der Waals surface area contributed by atoms with Crippen LogP contribution in [-0.4, -0.2) is 27.3 Å². The lowest BCUT2D eigenvalue weighted by molar-refractivity contribution is 0.601. The summed E-state index contributed by atoms with van der Waals surface area (Å²) in [7, 11) is 0. The Labute approximate surface area is 127 Å². The van der Waals surface area contributed by atoms with E-state index in [1.54, 1.807) is 9.36 Å². The Morgan fingerprint density at radius 1 is 1.14 bits per heavy atom. The van der Waals surface area contributed by atoms with Gasteiger partial charge in [-0.3, -0.25) is 14.5 Å². The lowest BCUT2D eigenvalue weighted by atomic mass is 9.92. The zero-order valence-electron chi connectivity index (χ0n) is 12.2. The van der Waals surface area contributed by atoms with E-state index in [1.165, 1.54) is 0 Å². The third-order valence-electron chi connectivity index (χ3n) is 4.35. The summed E-state index contributed by atoms with van der Waals surface area (Å²) in [5.41, 5.74) is 15.3. The smallest absolute Gasteiger partial charge is 0.294 e. The predicted molar refractivity (Wildman–Crippen MR) is 86.7 cm³/mol. The van der Waals surface area contributed by atoms with E-state index in [0.717, 1.165) is 43.6 Å². The highest BCUT2D eigenvalue weighted by Gasteiger charge is 2.26. The van der Waals surface area contributed by atoms with Gasteiger partial charge in [0.05, 0.1) is 11.4 Å². The molecular weight excluding hydrogens is 280 g/mol. The molecule has 0 atom stereocenters. The molecule has 0 spiro atoms. The molecule has 4 rings (SSSR count). The molecule has 0 bridgehead atoms. The molecule has 2 aliphatic heterocycles. The van der Waals surface area contributed by atoms with Gasteiger partial charge in [0.2, 0.25) is 0 Å². The van der Waals surface area contributed by atoms with Crippen molar-refractivity contribution in [3.63, 3.8) is 0 Å². The van der Waals surface area contributed by atoms with Crippen molar-refractivity contribution >= 4 is 22.9 Å². The van der Waals surface area contributed by atoms with Gasteiger partial charge in [-0.25, -0.2) is 9.67 Å². The summed E-state index contributed by atoms with van der Waals surface area (Å²) < 4.78 is 3.45. The quantitative estimate of drug-likeness (QED) is 0.747. The highest BCUT2D eigenvalue weighted by molar-refractivity contribution is 6.54. The minimum Gasteiger partial charge on any atom is -0.397 e. The van der Waals surface area contributed by atoms with E-state index in [2.05, 4.69) is 9.98 Å². The molecule has 1 aromatic rings. The first-order valence-corrected chi connectivity index (χ1v) is 7.56. The maximum Gasteiger partial charge on any atom is 0.294 e. The van der Waals surface area contributed by atoms with E-state index in [-0.39, 0.29) is 11.2 Å². The van der Waals surface area contributed by atoms with Crippen LogP contribution >= 0.6 is 0 Å². The fourth-order valence-corrected chi connectivity index (χ4v) is 3.24. The summed E-state index contributed by atoms with van der Waals surface area (Å²) in [5, 5.41) is 0. The van der Waals surface area contributed by atoms with E-state index >= 15 is 0 Å². The monoisotopic (exact) mass is 298 g/mol. The molecule has 0 aromatic carbocycles. The minimum absolute atomic E-state index is 0.150. The van der Waals surface area contributed by atoms with Crippen molar-refractivity contribution in [3.05, 3.63) is 33.8 Å². The molecule has 0 fully saturated rings. The molecule has 22 heavy (non-hydrogen) atoms. The van der Waals surface area contributed by atoms with E-state index in [9.17, 15) is 4.79 Å². The van der Waals surface area contributed by atoms with Crippen LogP contribution in [0, 0.1) is 0 Å². The fraction of sp³-hybridized carbons (Fsp3) is 0.400. The van der Waals surface area contributed by atoms with Crippen LogP contribution in [-0.2, 0) is 13.1 Å². The second kappa shape index (κ2) is 4.72. The average Bonchev–Trinajstić information content (AvgIpc) is 3.09. The minimum atomic E-state index is -0.150. The molecule has 1 aliphatic carbocycles. The van der Waals surface area contributed by atoms with Crippen LogP contribution in [0.2, 0.25) is 0 Å². The van der Waals surface area contributed by atoms with Crippen molar-refractivity contribution in [2.45, 2.75) is 32.4 Å². The zero-order chi connectivity index (χ0) is 15.3. The molecule has 0 amide bonds. The number of fused-ring (bicyclic) bond motifs is 2.